The molecule has 0 heterocycles. The molecular formula is C68H131N2O6P. The van der Waals surface area contributed by atoms with Crippen LogP contribution in [0.25, 0.3) is 0 Å². The molecule has 1 amide bonds. The van der Waals surface area contributed by atoms with Crippen molar-refractivity contribution in [2.45, 2.75) is 341 Å². The van der Waals surface area contributed by atoms with E-state index in [-0.39, 0.29) is 12.5 Å². The maximum atomic E-state index is 13.0. The lowest BCUT2D eigenvalue weighted by molar-refractivity contribution is -0.870. The van der Waals surface area contributed by atoms with Crippen molar-refractivity contribution in [1.29, 1.82) is 0 Å². The standard InChI is InChI=1S/C68H131N2O6P/c1-6-8-10-12-14-16-18-20-22-24-26-28-30-31-32-33-34-35-36-37-38-39-40-42-44-46-48-50-52-54-56-58-60-62-68(72)69-66(65-76-77(73,74)75-64-63-70(3,4)5)67(71)61-59-57-55-53-51-49-47-45-43-41-29-27-25-23-21-19-17-15-13-11-9-7-2/h31-32,43,45,51,53,59,61,66-67,71H,6-30,33-42,44,46-50,52,54-58,60,62-65H2,1-5H3,(H-,69,72,73,74)/b32-31-,45-43+,53-51+,61-59+. The number of quaternary nitrogens is 1. The van der Waals surface area contributed by atoms with Crippen LogP contribution in [0.15, 0.2) is 48.6 Å². The minimum atomic E-state index is -4.61. The molecule has 9 heteroatoms. The van der Waals surface area contributed by atoms with Crippen molar-refractivity contribution in [3.63, 3.8) is 0 Å². The van der Waals surface area contributed by atoms with E-state index in [1.54, 1.807) is 6.08 Å². The van der Waals surface area contributed by atoms with Gasteiger partial charge in [-0.25, -0.2) is 0 Å². The van der Waals surface area contributed by atoms with Crippen molar-refractivity contribution in [3.05, 3.63) is 48.6 Å². The molecule has 0 fully saturated rings. The quantitative estimate of drug-likeness (QED) is 0.0272. The number of likely N-dealkylation sites (N-methyl/N-ethyl adjacent to an activating group) is 1. The van der Waals surface area contributed by atoms with E-state index in [9.17, 15) is 19.4 Å². The van der Waals surface area contributed by atoms with E-state index in [0.29, 0.717) is 17.4 Å². The largest absolute Gasteiger partial charge is 0.756 e. The second-order valence-electron chi connectivity index (χ2n) is 24.2. The number of hydrogen-bond donors (Lipinski definition) is 2. The SMILES string of the molecule is CCCCCCCCCCCCCC/C=C\CCCCCCCCCCCCCCCCCCCC(=O)NC(COP(=O)([O-])OCC[N+](C)(C)C)C(O)/C=C/CC/C=C/CC/C=C/CCCCCCCCCCCCCC. The highest BCUT2D eigenvalue weighted by Crippen LogP contribution is 2.38. The van der Waals surface area contributed by atoms with Crippen LogP contribution in [0, 0.1) is 0 Å². The Labute approximate surface area is 479 Å². The van der Waals surface area contributed by atoms with Gasteiger partial charge < -0.3 is 28.8 Å². The number of rotatable bonds is 62. The first-order valence-electron chi connectivity index (χ1n) is 33.5. The topological polar surface area (TPSA) is 108 Å². The van der Waals surface area contributed by atoms with E-state index in [0.717, 1.165) is 44.9 Å². The fourth-order valence-electron chi connectivity index (χ4n) is 10.0. The van der Waals surface area contributed by atoms with Gasteiger partial charge in [-0.3, -0.25) is 9.36 Å². The fraction of sp³-hybridized carbons (Fsp3) is 0.868. The molecule has 0 aromatic heterocycles. The van der Waals surface area contributed by atoms with Crippen molar-refractivity contribution >= 4 is 13.7 Å². The zero-order valence-corrected chi connectivity index (χ0v) is 52.8. The number of allylic oxidation sites excluding steroid dienone is 7. The second-order valence-corrected chi connectivity index (χ2v) is 25.6. The molecule has 0 aromatic carbocycles. The van der Waals surface area contributed by atoms with Gasteiger partial charge >= 0.3 is 0 Å². The second kappa shape index (κ2) is 59.1. The number of nitrogens with zero attached hydrogens (tertiary/aromatic N) is 1. The summed E-state index contributed by atoms with van der Waals surface area (Å²) < 4.78 is 23.4. The number of hydrogen-bond acceptors (Lipinski definition) is 6. The van der Waals surface area contributed by atoms with Crippen molar-refractivity contribution in [2.75, 3.05) is 40.9 Å². The van der Waals surface area contributed by atoms with Crippen molar-refractivity contribution in [3.8, 4) is 0 Å². The smallest absolute Gasteiger partial charge is 0.268 e. The Hall–Kier alpha value is -1.54. The van der Waals surface area contributed by atoms with Crippen molar-refractivity contribution in [1.82, 2.24) is 5.32 Å². The predicted octanol–water partition coefficient (Wildman–Crippen LogP) is 20.4. The Balaban J connectivity index is 4.09. The summed E-state index contributed by atoms with van der Waals surface area (Å²) in [5.74, 6) is -0.206. The van der Waals surface area contributed by atoms with E-state index in [4.69, 9.17) is 9.05 Å². The van der Waals surface area contributed by atoms with E-state index >= 15 is 0 Å². The third-order valence-corrected chi connectivity index (χ3v) is 16.2. The summed E-state index contributed by atoms with van der Waals surface area (Å²) in [6.45, 7) is 4.66. The maximum Gasteiger partial charge on any atom is 0.268 e. The number of nitrogens with one attached hydrogen (secondary N) is 1. The number of amides is 1. The molecule has 0 aliphatic carbocycles. The zero-order chi connectivity index (χ0) is 56.3. The summed E-state index contributed by atoms with van der Waals surface area (Å²) in [5, 5.41) is 13.9. The molecule has 0 aliphatic heterocycles. The van der Waals surface area contributed by atoms with Gasteiger partial charge in [-0.15, -0.1) is 0 Å². The van der Waals surface area contributed by atoms with Gasteiger partial charge in [0, 0.05) is 6.42 Å². The number of aliphatic hydroxyl groups excluding tert-OH is 1. The first-order chi connectivity index (χ1) is 37.5. The molecule has 0 spiro atoms. The molecule has 0 bridgehead atoms. The predicted molar refractivity (Wildman–Crippen MR) is 334 cm³/mol. The third kappa shape index (κ3) is 61.9. The summed E-state index contributed by atoms with van der Waals surface area (Å²) in [5.41, 5.74) is 0. The first-order valence-corrected chi connectivity index (χ1v) is 35.0. The van der Waals surface area contributed by atoms with Gasteiger partial charge in [-0.05, 0) is 70.6 Å². The minimum Gasteiger partial charge on any atom is -0.756 e. The summed E-state index contributed by atoms with van der Waals surface area (Å²) in [6, 6.07) is -0.911. The number of unbranched alkanes of at least 4 members (excludes halogenated alkanes) is 43. The summed E-state index contributed by atoms with van der Waals surface area (Å²) in [4.78, 5) is 25.6. The minimum absolute atomic E-state index is 0.00841. The van der Waals surface area contributed by atoms with Gasteiger partial charge in [-0.2, -0.15) is 0 Å². The van der Waals surface area contributed by atoms with Gasteiger partial charge in [0.05, 0.1) is 39.9 Å². The molecule has 3 atom stereocenters. The van der Waals surface area contributed by atoms with Crippen LogP contribution in [-0.2, 0) is 18.4 Å². The molecule has 0 aromatic rings. The molecular weight excluding hydrogens is 972 g/mol. The van der Waals surface area contributed by atoms with Gasteiger partial charge in [0.25, 0.3) is 7.82 Å². The third-order valence-electron chi connectivity index (χ3n) is 15.2. The van der Waals surface area contributed by atoms with E-state index in [1.807, 2.05) is 27.2 Å². The maximum absolute atomic E-state index is 13.0. The zero-order valence-electron chi connectivity index (χ0n) is 51.9. The van der Waals surface area contributed by atoms with E-state index in [2.05, 4.69) is 55.6 Å². The Morgan fingerprint density at radius 3 is 1.05 bits per heavy atom. The van der Waals surface area contributed by atoms with Gasteiger partial charge in [-0.1, -0.05) is 300 Å². The lowest BCUT2D eigenvalue weighted by atomic mass is 10.0. The highest BCUT2D eigenvalue weighted by atomic mass is 31.2. The average Bonchev–Trinajstić information content (AvgIpc) is 3.39. The molecule has 0 saturated heterocycles. The molecule has 0 aliphatic rings. The van der Waals surface area contributed by atoms with Crippen LogP contribution in [0.4, 0.5) is 0 Å². The molecule has 0 radical (unpaired) electrons. The molecule has 2 N–H and O–H groups in total. The molecule has 0 saturated carbocycles. The Bertz CT molecular complexity index is 1390. The summed E-state index contributed by atoms with van der Waals surface area (Å²) >= 11 is 0. The number of phosphoric ester groups is 1. The Kier molecular flexibility index (Phi) is 57.9. The normalized spacial score (nSPS) is 14.0. The summed E-state index contributed by atoms with van der Waals surface area (Å²) in [6.07, 6.45) is 79.5. The monoisotopic (exact) mass is 1100 g/mol. The lowest BCUT2D eigenvalue weighted by Crippen LogP contribution is -2.45. The van der Waals surface area contributed by atoms with Crippen molar-refractivity contribution in [2.24, 2.45) is 0 Å². The molecule has 77 heavy (non-hydrogen) atoms. The lowest BCUT2D eigenvalue weighted by Gasteiger charge is -2.29. The van der Waals surface area contributed by atoms with Gasteiger partial charge in [0.1, 0.15) is 13.2 Å². The van der Waals surface area contributed by atoms with E-state index in [1.165, 1.54) is 263 Å². The highest BCUT2D eigenvalue weighted by molar-refractivity contribution is 7.45. The highest BCUT2D eigenvalue weighted by Gasteiger charge is 2.23. The molecule has 0 rings (SSSR count). The number of carbonyl (C=O) groups is 1. The first kappa shape index (κ1) is 75.5. The molecule has 454 valence electrons. The van der Waals surface area contributed by atoms with Crippen LogP contribution < -0.4 is 10.2 Å². The van der Waals surface area contributed by atoms with Crippen molar-refractivity contribution < 1.29 is 32.9 Å². The molecule has 8 nitrogen and oxygen atoms in total. The van der Waals surface area contributed by atoms with Crippen LogP contribution in [0.2, 0.25) is 0 Å². The van der Waals surface area contributed by atoms with E-state index < -0.39 is 26.6 Å². The van der Waals surface area contributed by atoms with Crippen LogP contribution in [0.5, 0.6) is 0 Å². The summed E-state index contributed by atoms with van der Waals surface area (Å²) in [7, 11) is 1.24. The van der Waals surface area contributed by atoms with Crippen LogP contribution in [0.3, 0.4) is 0 Å². The van der Waals surface area contributed by atoms with Crippen LogP contribution in [0.1, 0.15) is 328 Å². The van der Waals surface area contributed by atoms with Gasteiger partial charge in [0.15, 0.2) is 0 Å². The number of aliphatic hydroxyl groups is 1. The average molecular weight is 1100 g/mol. The number of carbonyl (C=O) groups excluding carboxylic acids is 1. The molecule has 3 unspecified atom stereocenters. The van der Waals surface area contributed by atoms with Gasteiger partial charge in [0.2, 0.25) is 5.91 Å². The number of phosphoric acid groups is 1. The van der Waals surface area contributed by atoms with Crippen LogP contribution >= 0.6 is 7.82 Å². The van der Waals surface area contributed by atoms with Crippen LogP contribution in [-0.4, -0.2) is 68.5 Å². The Morgan fingerprint density at radius 2 is 0.727 bits per heavy atom. The fourth-order valence-corrected chi connectivity index (χ4v) is 10.7. The Morgan fingerprint density at radius 1 is 0.442 bits per heavy atom.